The maximum atomic E-state index is 7.33. The lowest BCUT2D eigenvalue weighted by Gasteiger charge is -2.25. The van der Waals surface area contributed by atoms with Crippen LogP contribution in [0.15, 0.2) is 22.7 Å². The Balaban J connectivity index is 2.77. The van der Waals surface area contributed by atoms with E-state index in [9.17, 15) is 0 Å². The van der Waals surface area contributed by atoms with Gasteiger partial charge >= 0.3 is 0 Å². The Morgan fingerprint density at radius 3 is 2.78 bits per heavy atom. The highest BCUT2D eigenvalue weighted by Crippen LogP contribution is 2.24. The van der Waals surface area contributed by atoms with Crippen molar-refractivity contribution in [1.82, 2.24) is 4.90 Å². The molecule has 0 bridgehead atoms. The predicted octanol–water partition coefficient (Wildman–Crippen LogP) is 2.60. The van der Waals surface area contributed by atoms with Crippen molar-refractivity contribution >= 4 is 21.8 Å². The Bertz CT molecular complexity index is 423. The number of hydrogen-bond acceptors (Lipinski definition) is 3. The predicted molar refractivity (Wildman–Crippen MR) is 78.2 cm³/mol. The quantitative estimate of drug-likeness (QED) is 0.627. The molecular formula is C13H20BrN3O. The van der Waals surface area contributed by atoms with Crippen molar-refractivity contribution < 1.29 is 4.74 Å². The van der Waals surface area contributed by atoms with Gasteiger partial charge in [-0.05, 0) is 32.2 Å². The van der Waals surface area contributed by atoms with Gasteiger partial charge in [-0.1, -0.05) is 15.9 Å². The lowest BCUT2D eigenvalue weighted by atomic mass is 10.1. The molecular weight excluding hydrogens is 294 g/mol. The van der Waals surface area contributed by atoms with E-state index in [0.29, 0.717) is 6.42 Å². The zero-order chi connectivity index (χ0) is 13.7. The first kappa shape index (κ1) is 15.0. The first-order chi connectivity index (χ1) is 8.43. The molecule has 18 heavy (non-hydrogen) atoms. The van der Waals surface area contributed by atoms with Crippen molar-refractivity contribution in [2.24, 2.45) is 5.73 Å². The van der Waals surface area contributed by atoms with Crippen LogP contribution in [0, 0.1) is 5.41 Å². The highest BCUT2D eigenvalue weighted by atomic mass is 79.9. The summed E-state index contributed by atoms with van der Waals surface area (Å²) >= 11 is 3.46. The van der Waals surface area contributed by atoms with E-state index in [-0.39, 0.29) is 11.9 Å². The molecule has 1 aromatic rings. The summed E-state index contributed by atoms with van der Waals surface area (Å²) in [6.07, 6.45) is 0.576. The normalized spacial score (nSPS) is 12.5. The van der Waals surface area contributed by atoms with Gasteiger partial charge in [0.15, 0.2) is 0 Å². The molecule has 0 saturated heterocycles. The van der Waals surface area contributed by atoms with Crippen LogP contribution in [0.3, 0.4) is 0 Å². The molecule has 0 spiro atoms. The number of halogens is 1. The zero-order valence-corrected chi connectivity index (χ0v) is 12.6. The summed E-state index contributed by atoms with van der Waals surface area (Å²) in [7, 11) is 3.69. The highest BCUT2D eigenvalue weighted by Gasteiger charge is 2.13. The topological polar surface area (TPSA) is 62.3 Å². The highest BCUT2D eigenvalue weighted by molar-refractivity contribution is 9.10. The molecule has 1 rings (SSSR count). The molecule has 1 atom stereocenters. The van der Waals surface area contributed by atoms with E-state index in [1.165, 1.54) is 0 Å². The minimum Gasteiger partial charge on any atom is -0.496 e. The molecule has 1 aromatic carbocycles. The van der Waals surface area contributed by atoms with E-state index < -0.39 is 0 Å². The van der Waals surface area contributed by atoms with Crippen LogP contribution in [-0.4, -0.2) is 30.9 Å². The number of methoxy groups -OCH3 is 1. The fourth-order valence-electron chi connectivity index (χ4n) is 1.77. The molecule has 100 valence electrons. The number of ether oxygens (including phenoxy) is 1. The number of rotatable bonds is 6. The van der Waals surface area contributed by atoms with Crippen LogP contribution >= 0.6 is 15.9 Å². The number of benzene rings is 1. The van der Waals surface area contributed by atoms with Crippen LogP contribution in [0.4, 0.5) is 0 Å². The van der Waals surface area contributed by atoms with E-state index in [0.717, 1.165) is 22.3 Å². The summed E-state index contributed by atoms with van der Waals surface area (Å²) in [4.78, 5) is 2.16. The summed E-state index contributed by atoms with van der Waals surface area (Å²) in [6.45, 7) is 2.82. The van der Waals surface area contributed by atoms with Crippen molar-refractivity contribution in [2.45, 2.75) is 25.9 Å². The van der Waals surface area contributed by atoms with E-state index >= 15 is 0 Å². The summed E-state index contributed by atoms with van der Waals surface area (Å²) in [5.41, 5.74) is 6.54. The minimum atomic E-state index is 0.218. The number of amidine groups is 1. The smallest absolute Gasteiger partial charge is 0.123 e. The fourth-order valence-corrected chi connectivity index (χ4v) is 2.18. The minimum absolute atomic E-state index is 0.218. The average Bonchev–Trinajstić information content (AvgIpc) is 2.28. The molecule has 0 heterocycles. The Labute approximate surface area is 117 Å². The van der Waals surface area contributed by atoms with E-state index in [2.05, 4.69) is 33.8 Å². The molecule has 4 nitrogen and oxygen atoms in total. The second-order valence-corrected chi connectivity index (χ2v) is 5.37. The maximum Gasteiger partial charge on any atom is 0.123 e. The molecule has 5 heteroatoms. The van der Waals surface area contributed by atoms with Crippen molar-refractivity contribution in [3.8, 4) is 5.75 Å². The number of nitrogens with zero attached hydrogens (tertiary/aromatic N) is 1. The van der Waals surface area contributed by atoms with Gasteiger partial charge in [0.05, 0.1) is 12.9 Å². The average molecular weight is 314 g/mol. The van der Waals surface area contributed by atoms with Gasteiger partial charge in [0.1, 0.15) is 5.75 Å². The van der Waals surface area contributed by atoms with Gasteiger partial charge in [0.2, 0.25) is 0 Å². The Kier molecular flexibility index (Phi) is 5.62. The van der Waals surface area contributed by atoms with Crippen molar-refractivity contribution in [3.63, 3.8) is 0 Å². The Morgan fingerprint density at radius 1 is 1.56 bits per heavy atom. The Morgan fingerprint density at radius 2 is 2.22 bits per heavy atom. The molecule has 0 aromatic heterocycles. The van der Waals surface area contributed by atoms with Crippen LogP contribution in [-0.2, 0) is 6.54 Å². The van der Waals surface area contributed by atoms with Crippen LogP contribution < -0.4 is 10.5 Å². The van der Waals surface area contributed by atoms with Crippen LogP contribution in [0.25, 0.3) is 0 Å². The largest absolute Gasteiger partial charge is 0.496 e. The second kappa shape index (κ2) is 6.75. The Hall–Kier alpha value is -1.07. The standard InChI is InChI=1S/C13H20BrN3O/c1-9(6-13(15)16)17(2)8-10-7-11(14)4-5-12(10)18-3/h4-5,7,9H,6,8H2,1-3H3,(H3,15,16). The fraction of sp³-hybridized carbons (Fsp3) is 0.462. The van der Waals surface area contributed by atoms with Crippen molar-refractivity contribution in [1.29, 1.82) is 5.41 Å². The van der Waals surface area contributed by atoms with Gasteiger partial charge in [0.25, 0.3) is 0 Å². The number of hydrogen-bond donors (Lipinski definition) is 2. The van der Waals surface area contributed by atoms with Gasteiger partial charge in [-0.25, -0.2) is 0 Å². The second-order valence-electron chi connectivity index (χ2n) is 4.45. The van der Waals surface area contributed by atoms with Crippen LogP contribution in [0.1, 0.15) is 18.9 Å². The monoisotopic (exact) mass is 313 g/mol. The molecule has 0 amide bonds. The maximum absolute atomic E-state index is 7.33. The third kappa shape index (κ3) is 4.31. The van der Waals surface area contributed by atoms with Crippen molar-refractivity contribution in [3.05, 3.63) is 28.2 Å². The summed E-state index contributed by atoms with van der Waals surface area (Å²) in [5, 5.41) is 7.33. The first-order valence-electron chi connectivity index (χ1n) is 5.79. The van der Waals surface area contributed by atoms with E-state index in [1.54, 1.807) is 7.11 Å². The summed E-state index contributed by atoms with van der Waals surface area (Å²) < 4.78 is 6.38. The molecule has 0 aliphatic carbocycles. The molecule has 0 aliphatic rings. The molecule has 3 N–H and O–H groups in total. The SMILES string of the molecule is COc1ccc(Br)cc1CN(C)C(C)CC(=N)N. The number of nitrogens with one attached hydrogen (secondary N) is 1. The molecule has 0 radical (unpaired) electrons. The summed E-state index contributed by atoms with van der Waals surface area (Å²) in [5.74, 6) is 1.09. The zero-order valence-electron chi connectivity index (χ0n) is 11.0. The molecule has 0 fully saturated rings. The lowest BCUT2D eigenvalue weighted by molar-refractivity contribution is 0.250. The van der Waals surface area contributed by atoms with Crippen LogP contribution in [0.5, 0.6) is 5.75 Å². The van der Waals surface area contributed by atoms with Gasteiger partial charge in [-0.2, -0.15) is 0 Å². The van der Waals surface area contributed by atoms with Gasteiger partial charge in [-0.3, -0.25) is 10.3 Å². The van der Waals surface area contributed by atoms with Gasteiger partial charge in [0, 0.05) is 29.0 Å². The molecule has 1 unspecified atom stereocenters. The number of nitrogens with two attached hydrogens (primary N) is 1. The lowest BCUT2D eigenvalue weighted by Crippen LogP contribution is -2.32. The summed E-state index contributed by atoms with van der Waals surface area (Å²) in [6, 6.07) is 6.19. The van der Waals surface area contributed by atoms with Gasteiger partial charge in [-0.15, -0.1) is 0 Å². The first-order valence-corrected chi connectivity index (χ1v) is 6.59. The van der Waals surface area contributed by atoms with E-state index in [1.807, 2.05) is 19.2 Å². The van der Waals surface area contributed by atoms with Crippen molar-refractivity contribution in [2.75, 3.05) is 14.2 Å². The van der Waals surface area contributed by atoms with E-state index in [4.69, 9.17) is 15.9 Å². The third-order valence-electron chi connectivity index (χ3n) is 2.93. The molecule has 0 aliphatic heterocycles. The van der Waals surface area contributed by atoms with Gasteiger partial charge < -0.3 is 10.5 Å². The van der Waals surface area contributed by atoms with Crippen LogP contribution in [0.2, 0.25) is 0 Å². The molecule has 0 saturated carbocycles. The third-order valence-corrected chi connectivity index (χ3v) is 3.42.